The number of carbonyl (C=O) groups is 2. The first-order valence-corrected chi connectivity index (χ1v) is 11.7. The molecule has 5 nitrogen and oxygen atoms in total. The van der Waals surface area contributed by atoms with Crippen LogP contribution in [0.3, 0.4) is 0 Å². The second-order valence-electron chi connectivity index (χ2n) is 8.27. The average Bonchev–Trinajstić information content (AvgIpc) is 2.69. The minimum absolute atomic E-state index is 0.247. The van der Waals surface area contributed by atoms with Gasteiger partial charge in [-0.3, -0.25) is 0 Å². The van der Waals surface area contributed by atoms with Crippen LogP contribution in [-0.2, 0) is 14.3 Å². The Labute approximate surface area is 179 Å². The van der Waals surface area contributed by atoms with Gasteiger partial charge in [0.25, 0.3) is 0 Å². The second kappa shape index (κ2) is 19.8. The van der Waals surface area contributed by atoms with Crippen LogP contribution in [0.4, 0.5) is 4.79 Å². The topological polar surface area (TPSA) is 64.6 Å². The molecule has 0 rings (SSSR count). The van der Waals surface area contributed by atoms with Gasteiger partial charge in [-0.2, -0.15) is 0 Å². The van der Waals surface area contributed by atoms with E-state index in [0.29, 0.717) is 19.6 Å². The summed E-state index contributed by atoms with van der Waals surface area (Å²) in [6.07, 6.45) is 16.5. The Morgan fingerprint density at radius 1 is 0.862 bits per heavy atom. The molecule has 0 aromatic rings. The predicted octanol–water partition coefficient (Wildman–Crippen LogP) is 6.56. The lowest BCUT2D eigenvalue weighted by atomic mass is 10.1. The van der Waals surface area contributed by atoms with Gasteiger partial charge in [0, 0.05) is 0 Å². The highest BCUT2D eigenvalue weighted by Crippen LogP contribution is 2.12. The first kappa shape index (κ1) is 27.5. The van der Waals surface area contributed by atoms with Gasteiger partial charge in [0.15, 0.2) is 0 Å². The highest BCUT2D eigenvalue weighted by Gasteiger charge is 2.21. The van der Waals surface area contributed by atoms with Gasteiger partial charge in [0.05, 0.1) is 13.2 Å². The summed E-state index contributed by atoms with van der Waals surface area (Å²) >= 11 is 0. The number of hydrogen-bond acceptors (Lipinski definition) is 4. The SMILES string of the molecule is C=CCC(NC(=O)OCC(C)C)C(=O)OCCCCCCCCCCCCCC. The number of alkyl carbamates (subject to hydrolysis) is 1. The largest absolute Gasteiger partial charge is 0.464 e. The lowest BCUT2D eigenvalue weighted by Crippen LogP contribution is -2.42. The molecule has 0 radical (unpaired) electrons. The normalized spacial score (nSPS) is 11.9. The number of hydrogen-bond donors (Lipinski definition) is 1. The van der Waals surface area contributed by atoms with Crippen molar-refractivity contribution < 1.29 is 19.1 Å². The third kappa shape index (κ3) is 18.3. The third-order valence-corrected chi connectivity index (χ3v) is 4.77. The van der Waals surface area contributed by atoms with E-state index in [-0.39, 0.29) is 5.92 Å². The summed E-state index contributed by atoms with van der Waals surface area (Å²) in [5.74, 6) is -0.175. The molecule has 0 saturated carbocycles. The number of unbranched alkanes of at least 4 members (excludes halogenated alkanes) is 11. The number of ether oxygens (including phenoxy) is 2. The maximum absolute atomic E-state index is 12.2. The molecule has 0 spiro atoms. The summed E-state index contributed by atoms with van der Waals surface area (Å²) in [4.78, 5) is 23.9. The van der Waals surface area contributed by atoms with Crippen molar-refractivity contribution >= 4 is 12.1 Å². The lowest BCUT2D eigenvalue weighted by Gasteiger charge is -2.16. The van der Waals surface area contributed by atoms with Crippen molar-refractivity contribution in [3.63, 3.8) is 0 Å². The van der Waals surface area contributed by atoms with E-state index in [0.717, 1.165) is 12.8 Å². The van der Waals surface area contributed by atoms with Gasteiger partial charge in [-0.1, -0.05) is 97.5 Å². The average molecular weight is 412 g/mol. The quantitative estimate of drug-likeness (QED) is 0.148. The standard InChI is InChI=1S/C24H45NO4/c1-5-7-8-9-10-11-12-13-14-15-16-17-19-28-23(26)22(18-6-2)25-24(27)29-20-21(3)4/h6,21-22H,2,5,7-20H2,1,3-4H3,(H,25,27). The fourth-order valence-electron chi connectivity index (χ4n) is 3.02. The van der Waals surface area contributed by atoms with Crippen LogP contribution in [-0.4, -0.2) is 31.3 Å². The summed E-state index contributed by atoms with van der Waals surface area (Å²) in [5.41, 5.74) is 0. The number of rotatable bonds is 19. The zero-order chi connectivity index (χ0) is 21.7. The Balaban J connectivity index is 3.70. The van der Waals surface area contributed by atoms with Crippen molar-refractivity contribution in [1.82, 2.24) is 5.32 Å². The summed E-state index contributed by atoms with van der Waals surface area (Å²) in [7, 11) is 0. The fraction of sp³-hybridized carbons (Fsp3) is 0.833. The molecule has 0 aliphatic carbocycles. The highest BCUT2D eigenvalue weighted by molar-refractivity contribution is 5.81. The van der Waals surface area contributed by atoms with E-state index in [2.05, 4.69) is 18.8 Å². The molecule has 170 valence electrons. The van der Waals surface area contributed by atoms with Crippen LogP contribution in [0.1, 0.15) is 104 Å². The zero-order valence-electron chi connectivity index (χ0n) is 19.2. The smallest absolute Gasteiger partial charge is 0.407 e. The van der Waals surface area contributed by atoms with Gasteiger partial charge in [-0.15, -0.1) is 6.58 Å². The first-order chi connectivity index (χ1) is 14.0. The van der Waals surface area contributed by atoms with Gasteiger partial charge >= 0.3 is 12.1 Å². The summed E-state index contributed by atoms with van der Waals surface area (Å²) < 4.78 is 10.4. The van der Waals surface area contributed by atoms with Crippen molar-refractivity contribution in [2.24, 2.45) is 5.92 Å². The van der Waals surface area contributed by atoms with Crippen molar-refractivity contribution in [3.05, 3.63) is 12.7 Å². The molecule has 0 bridgehead atoms. The Hall–Kier alpha value is -1.52. The van der Waals surface area contributed by atoms with Crippen molar-refractivity contribution in [2.75, 3.05) is 13.2 Å². The number of esters is 1. The molecule has 1 amide bonds. The van der Waals surface area contributed by atoms with Gasteiger partial charge in [0.2, 0.25) is 0 Å². The number of carbonyl (C=O) groups excluding carboxylic acids is 2. The number of amides is 1. The van der Waals surface area contributed by atoms with Crippen LogP contribution < -0.4 is 5.32 Å². The van der Waals surface area contributed by atoms with Crippen LogP contribution in [0.15, 0.2) is 12.7 Å². The van der Waals surface area contributed by atoms with Gasteiger partial charge < -0.3 is 14.8 Å². The van der Waals surface area contributed by atoms with E-state index in [4.69, 9.17) is 9.47 Å². The van der Waals surface area contributed by atoms with Crippen LogP contribution >= 0.6 is 0 Å². The van der Waals surface area contributed by atoms with E-state index in [1.165, 1.54) is 64.2 Å². The van der Waals surface area contributed by atoms with Crippen LogP contribution in [0, 0.1) is 5.92 Å². The molecule has 0 aromatic carbocycles. The molecule has 0 heterocycles. The van der Waals surface area contributed by atoms with Crippen molar-refractivity contribution in [1.29, 1.82) is 0 Å². The molecule has 0 aromatic heterocycles. The molecule has 0 aliphatic rings. The molecule has 29 heavy (non-hydrogen) atoms. The monoisotopic (exact) mass is 411 g/mol. The Morgan fingerprint density at radius 2 is 1.38 bits per heavy atom. The maximum Gasteiger partial charge on any atom is 0.407 e. The third-order valence-electron chi connectivity index (χ3n) is 4.77. The molecule has 5 heteroatoms. The maximum atomic E-state index is 12.2. The van der Waals surface area contributed by atoms with Gasteiger partial charge in [0.1, 0.15) is 6.04 Å². The van der Waals surface area contributed by atoms with E-state index in [1.54, 1.807) is 6.08 Å². The predicted molar refractivity (Wildman–Crippen MR) is 120 cm³/mol. The molecular weight excluding hydrogens is 366 g/mol. The molecule has 0 fully saturated rings. The Bertz CT molecular complexity index is 423. The molecule has 0 saturated heterocycles. The van der Waals surface area contributed by atoms with Crippen LogP contribution in [0.5, 0.6) is 0 Å². The van der Waals surface area contributed by atoms with E-state index in [1.807, 2.05) is 13.8 Å². The summed E-state index contributed by atoms with van der Waals surface area (Å²) in [6, 6.07) is -0.732. The second-order valence-corrected chi connectivity index (χ2v) is 8.27. The molecule has 1 unspecified atom stereocenters. The van der Waals surface area contributed by atoms with Crippen molar-refractivity contribution in [3.8, 4) is 0 Å². The fourth-order valence-corrected chi connectivity index (χ4v) is 3.02. The molecule has 1 N–H and O–H groups in total. The first-order valence-electron chi connectivity index (χ1n) is 11.7. The van der Waals surface area contributed by atoms with Crippen LogP contribution in [0.2, 0.25) is 0 Å². The minimum atomic E-state index is -0.732. The van der Waals surface area contributed by atoms with Gasteiger partial charge in [-0.25, -0.2) is 9.59 Å². The highest BCUT2D eigenvalue weighted by atomic mass is 16.6. The summed E-state index contributed by atoms with van der Waals surface area (Å²) in [5, 5.41) is 2.56. The van der Waals surface area contributed by atoms with E-state index < -0.39 is 18.1 Å². The van der Waals surface area contributed by atoms with Gasteiger partial charge in [-0.05, 0) is 18.8 Å². The van der Waals surface area contributed by atoms with E-state index >= 15 is 0 Å². The molecule has 0 aliphatic heterocycles. The Kier molecular flexibility index (Phi) is 18.7. The lowest BCUT2D eigenvalue weighted by molar-refractivity contribution is -0.146. The van der Waals surface area contributed by atoms with Crippen LogP contribution in [0.25, 0.3) is 0 Å². The summed E-state index contributed by atoms with van der Waals surface area (Å²) in [6.45, 7) is 10.5. The van der Waals surface area contributed by atoms with Crippen molar-refractivity contribution in [2.45, 2.75) is 110 Å². The molecular formula is C24H45NO4. The molecule has 1 atom stereocenters. The van der Waals surface area contributed by atoms with E-state index in [9.17, 15) is 9.59 Å². The zero-order valence-corrected chi connectivity index (χ0v) is 19.2. The minimum Gasteiger partial charge on any atom is -0.464 e. The number of nitrogens with one attached hydrogen (secondary N) is 1. The Morgan fingerprint density at radius 3 is 1.86 bits per heavy atom.